The molecule has 2 N–H and O–H groups in total. The van der Waals surface area contributed by atoms with Gasteiger partial charge in [0.05, 0.1) is 13.2 Å². The molecule has 0 radical (unpaired) electrons. The minimum atomic E-state index is 0. The Morgan fingerprint density at radius 1 is 1.11 bits per heavy atom. The fraction of sp³-hybridized carbons (Fsp3) is 0.950. The van der Waals surface area contributed by atoms with Crippen molar-refractivity contribution in [1.29, 1.82) is 0 Å². The third kappa shape index (κ3) is 8.83. The summed E-state index contributed by atoms with van der Waals surface area (Å²) in [4.78, 5) is 9.58. The molecule has 0 saturated carbocycles. The molecule has 2 heterocycles. The van der Waals surface area contributed by atoms with Gasteiger partial charge in [0, 0.05) is 39.3 Å². The zero-order valence-corrected chi connectivity index (χ0v) is 20.2. The summed E-state index contributed by atoms with van der Waals surface area (Å²) in [7, 11) is 1.87. The van der Waals surface area contributed by atoms with E-state index in [1.807, 2.05) is 7.05 Å². The molecule has 0 aliphatic carbocycles. The van der Waals surface area contributed by atoms with Crippen LogP contribution in [0.5, 0.6) is 0 Å². The summed E-state index contributed by atoms with van der Waals surface area (Å²) in [6.07, 6.45) is 3.86. The van der Waals surface area contributed by atoms with Crippen molar-refractivity contribution in [3.63, 3.8) is 0 Å². The third-order valence-electron chi connectivity index (χ3n) is 5.79. The zero-order chi connectivity index (χ0) is 18.8. The van der Waals surface area contributed by atoms with Crippen LogP contribution in [0, 0.1) is 11.8 Å². The summed E-state index contributed by atoms with van der Waals surface area (Å²) < 4.78 is 5.50. The molecule has 0 aromatic rings. The molecule has 0 aromatic heterocycles. The zero-order valence-electron chi connectivity index (χ0n) is 17.9. The van der Waals surface area contributed by atoms with Gasteiger partial charge in [-0.3, -0.25) is 9.89 Å². The largest absolute Gasteiger partial charge is 0.379 e. The Hall–Kier alpha value is -0.120. The van der Waals surface area contributed by atoms with Crippen molar-refractivity contribution < 1.29 is 4.74 Å². The van der Waals surface area contributed by atoms with Gasteiger partial charge in [0.1, 0.15) is 0 Å². The standard InChI is InChI=1S/C20H41N5O.HI/c1-5-8-24-9-6-18(7-10-24)15-22-20(21-4)23-16-19(17(2)3)25-11-13-26-14-12-25;/h17-19H,5-16H2,1-4H3,(H2,21,22,23);1H. The van der Waals surface area contributed by atoms with E-state index in [9.17, 15) is 0 Å². The molecule has 2 fully saturated rings. The summed E-state index contributed by atoms with van der Waals surface area (Å²) >= 11 is 0. The number of hydrogen-bond donors (Lipinski definition) is 2. The van der Waals surface area contributed by atoms with Gasteiger partial charge in [-0.1, -0.05) is 20.8 Å². The molecular formula is C20H42IN5O. The van der Waals surface area contributed by atoms with Crippen LogP contribution >= 0.6 is 24.0 Å². The second-order valence-corrected chi connectivity index (χ2v) is 8.08. The van der Waals surface area contributed by atoms with Gasteiger partial charge in [-0.05, 0) is 50.7 Å². The number of halogens is 1. The average molecular weight is 495 g/mol. The second-order valence-electron chi connectivity index (χ2n) is 8.08. The smallest absolute Gasteiger partial charge is 0.191 e. The van der Waals surface area contributed by atoms with Crippen molar-refractivity contribution in [3.05, 3.63) is 0 Å². The number of nitrogens with one attached hydrogen (secondary N) is 2. The Morgan fingerprint density at radius 2 is 1.78 bits per heavy atom. The number of aliphatic imine (C=N–C) groups is 1. The summed E-state index contributed by atoms with van der Waals surface area (Å²) in [6, 6.07) is 0.523. The van der Waals surface area contributed by atoms with Gasteiger partial charge in [0.2, 0.25) is 0 Å². The molecule has 1 atom stereocenters. The van der Waals surface area contributed by atoms with Crippen LogP contribution in [0.4, 0.5) is 0 Å². The maximum Gasteiger partial charge on any atom is 0.191 e. The lowest BCUT2D eigenvalue weighted by Crippen LogP contribution is -2.53. The van der Waals surface area contributed by atoms with Crippen LogP contribution in [0.25, 0.3) is 0 Å². The summed E-state index contributed by atoms with van der Waals surface area (Å²) in [5.74, 6) is 2.32. The molecule has 160 valence electrons. The molecule has 6 nitrogen and oxygen atoms in total. The van der Waals surface area contributed by atoms with Crippen LogP contribution in [0.2, 0.25) is 0 Å². The van der Waals surface area contributed by atoms with Gasteiger partial charge in [-0.25, -0.2) is 0 Å². The minimum absolute atomic E-state index is 0. The van der Waals surface area contributed by atoms with E-state index < -0.39 is 0 Å². The van der Waals surface area contributed by atoms with Gasteiger partial charge < -0.3 is 20.3 Å². The maximum absolute atomic E-state index is 5.50. The van der Waals surface area contributed by atoms with Crippen LogP contribution in [0.3, 0.4) is 0 Å². The van der Waals surface area contributed by atoms with Crippen molar-refractivity contribution in [2.24, 2.45) is 16.8 Å². The second kappa shape index (κ2) is 14.0. The molecule has 2 saturated heterocycles. The average Bonchev–Trinajstić information content (AvgIpc) is 2.66. The van der Waals surface area contributed by atoms with Crippen molar-refractivity contribution >= 4 is 29.9 Å². The van der Waals surface area contributed by atoms with Crippen LogP contribution in [0.15, 0.2) is 4.99 Å². The number of morpholine rings is 1. The molecule has 2 rings (SSSR count). The van der Waals surface area contributed by atoms with Gasteiger partial charge in [0.15, 0.2) is 5.96 Å². The lowest BCUT2D eigenvalue weighted by molar-refractivity contribution is 0.00752. The number of ether oxygens (including phenoxy) is 1. The van der Waals surface area contributed by atoms with E-state index in [1.54, 1.807) is 0 Å². The number of piperidine rings is 1. The molecule has 2 aliphatic rings. The highest BCUT2D eigenvalue weighted by molar-refractivity contribution is 14.0. The normalized spacial score (nSPS) is 21.7. The Labute approximate surface area is 183 Å². The Kier molecular flexibility index (Phi) is 12.9. The monoisotopic (exact) mass is 495 g/mol. The molecule has 0 bridgehead atoms. The molecule has 7 heteroatoms. The van der Waals surface area contributed by atoms with Crippen LogP contribution < -0.4 is 10.6 Å². The fourth-order valence-electron chi connectivity index (χ4n) is 4.09. The molecule has 2 aliphatic heterocycles. The van der Waals surface area contributed by atoms with Gasteiger partial charge >= 0.3 is 0 Å². The SMILES string of the molecule is CCCN1CCC(CNC(=NC)NCC(C(C)C)N2CCOCC2)CC1.I. The van der Waals surface area contributed by atoms with E-state index in [0.717, 1.165) is 51.3 Å². The number of nitrogens with zero attached hydrogens (tertiary/aromatic N) is 3. The van der Waals surface area contributed by atoms with E-state index >= 15 is 0 Å². The first kappa shape index (κ1) is 24.9. The maximum atomic E-state index is 5.50. The highest BCUT2D eigenvalue weighted by atomic mass is 127. The van der Waals surface area contributed by atoms with E-state index in [4.69, 9.17) is 4.74 Å². The van der Waals surface area contributed by atoms with Gasteiger partial charge in [-0.15, -0.1) is 24.0 Å². The fourth-order valence-corrected chi connectivity index (χ4v) is 4.09. The van der Waals surface area contributed by atoms with Crippen molar-refractivity contribution in [2.45, 2.75) is 46.1 Å². The molecular weight excluding hydrogens is 453 g/mol. The predicted octanol–water partition coefficient (Wildman–Crippen LogP) is 2.25. The summed E-state index contributed by atoms with van der Waals surface area (Å²) in [5, 5.41) is 7.12. The molecule has 0 spiro atoms. The molecule has 0 amide bonds. The number of hydrogen-bond acceptors (Lipinski definition) is 4. The summed E-state index contributed by atoms with van der Waals surface area (Å²) in [5.41, 5.74) is 0. The molecule has 0 aromatic carbocycles. The van der Waals surface area contributed by atoms with Crippen LogP contribution in [0.1, 0.15) is 40.0 Å². The minimum Gasteiger partial charge on any atom is -0.379 e. The van der Waals surface area contributed by atoms with E-state index in [1.165, 1.54) is 38.9 Å². The first-order valence-electron chi connectivity index (χ1n) is 10.6. The number of rotatable bonds is 8. The summed E-state index contributed by atoms with van der Waals surface area (Å²) in [6.45, 7) is 16.4. The Bertz CT molecular complexity index is 407. The molecule has 27 heavy (non-hydrogen) atoms. The first-order chi connectivity index (χ1) is 12.6. The Balaban J connectivity index is 0.00000364. The highest BCUT2D eigenvalue weighted by Crippen LogP contribution is 2.16. The lowest BCUT2D eigenvalue weighted by Gasteiger charge is -2.37. The van der Waals surface area contributed by atoms with Gasteiger partial charge in [-0.2, -0.15) is 0 Å². The third-order valence-corrected chi connectivity index (χ3v) is 5.79. The highest BCUT2D eigenvalue weighted by Gasteiger charge is 2.24. The number of likely N-dealkylation sites (tertiary alicyclic amines) is 1. The first-order valence-corrected chi connectivity index (χ1v) is 10.6. The van der Waals surface area contributed by atoms with Gasteiger partial charge in [0.25, 0.3) is 0 Å². The van der Waals surface area contributed by atoms with Crippen LogP contribution in [-0.4, -0.2) is 87.9 Å². The van der Waals surface area contributed by atoms with Crippen molar-refractivity contribution in [2.75, 3.05) is 66.1 Å². The quantitative estimate of drug-likeness (QED) is 0.308. The van der Waals surface area contributed by atoms with Crippen molar-refractivity contribution in [1.82, 2.24) is 20.4 Å². The van der Waals surface area contributed by atoms with E-state index in [-0.39, 0.29) is 24.0 Å². The van der Waals surface area contributed by atoms with Crippen LogP contribution in [-0.2, 0) is 4.74 Å². The molecule has 1 unspecified atom stereocenters. The topological polar surface area (TPSA) is 52.1 Å². The van der Waals surface area contributed by atoms with Crippen molar-refractivity contribution in [3.8, 4) is 0 Å². The number of guanidine groups is 1. The van der Waals surface area contributed by atoms with E-state index in [2.05, 4.69) is 46.2 Å². The lowest BCUT2D eigenvalue weighted by atomic mass is 9.97. The predicted molar refractivity (Wildman–Crippen MR) is 125 cm³/mol. The van der Waals surface area contributed by atoms with E-state index in [0.29, 0.717) is 12.0 Å². The Morgan fingerprint density at radius 3 is 2.33 bits per heavy atom.